The predicted octanol–water partition coefficient (Wildman–Crippen LogP) is 2.29. The van der Waals surface area contributed by atoms with E-state index < -0.39 is 30.1 Å². The van der Waals surface area contributed by atoms with Crippen molar-refractivity contribution in [2.75, 3.05) is 26.6 Å². The summed E-state index contributed by atoms with van der Waals surface area (Å²) < 4.78 is 20.8. The van der Waals surface area contributed by atoms with Gasteiger partial charge >= 0.3 is 11.9 Å². The molecule has 0 spiro atoms. The van der Waals surface area contributed by atoms with E-state index in [4.69, 9.17) is 18.9 Å². The lowest BCUT2D eigenvalue weighted by Gasteiger charge is -2.29. The lowest BCUT2D eigenvalue weighted by Crippen LogP contribution is -2.44. The zero-order chi connectivity index (χ0) is 23.7. The molecule has 10 nitrogen and oxygen atoms in total. The first-order valence-corrected chi connectivity index (χ1v) is 10.2. The second-order valence-electron chi connectivity index (χ2n) is 7.43. The lowest BCUT2D eigenvalue weighted by atomic mass is 10.1. The predicted molar refractivity (Wildman–Crippen MR) is 114 cm³/mol. The minimum atomic E-state index is -0.995. The normalized spacial score (nSPS) is 19.1. The Morgan fingerprint density at radius 2 is 1.76 bits per heavy atom. The molecule has 2 heterocycles. The van der Waals surface area contributed by atoms with Crippen LogP contribution in [0, 0.1) is 0 Å². The van der Waals surface area contributed by atoms with Crippen molar-refractivity contribution in [2.45, 2.75) is 25.1 Å². The number of hydrogen-bond donors (Lipinski definition) is 1. The van der Waals surface area contributed by atoms with Gasteiger partial charge in [0.25, 0.3) is 0 Å². The summed E-state index contributed by atoms with van der Waals surface area (Å²) in [5.74, 6) is -1.53. The number of carbonyl (C=O) groups excluding carboxylic acids is 4. The molecule has 1 saturated heterocycles. The Morgan fingerprint density at radius 3 is 2.45 bits per heavy atom. The molecule has 2 unspecified atom stereocenters. The van der Waals surface area contributed by atoms with Crippen molar-refractivity contribution in [2.24, 2.45) is 0 Å². The van der Waals surface area contributed by atoms with Crippen LogP contribution in [0.2, 0.25) is 0 Å². The van der Waals surface area contributed by atoms with Crippen molar-refractivity contribution in [1.82, 2.24) is 4.90 Å². The van der Waals surface area contributed by atoms with E-state index in [0.717, 1.165) is 0 Å². The Kier molecular flexibility index (Phi) is 5.91. The number of fused-ring (bicyclic) bond motifs is 1. The number of amides is 2. The van der Waals surface area contributed by atoms with Crippen LogP contribution in [0.25, 0.3) is 0 Å². The van der Waals surface area contributed by atoms with Crippen molar-refractivity contribution in [1.29, 1.82) is 0 Å². The van der Waals surface area contributed by atoms with E-state index in [1.807, 2.05) is 0 Å². The first-order chi connectivity index (χ1) is 15.9. The average Bonchev–Trinajstić information content (AvgIpc) is 3.37. The monoisotopic (exact) mass is 454 g/mol. The zero-order valence-corrected chi connectivity index (χ0v) is 18.2. The number of rotatable bonds is 6. The Balaban J connectivity index is 1.65. The van der Waals surface area contributed by atoms with Gasteiger partial charge in [0.2, 0.25) is 18.0 Å². The van der Waals surface area contributed by atoms with Gasteiger partial charge in [0.15, 0.2) is 11.5 Å². The van der Waals surface area contributed by atoms with Crippen LogP contribution in [0.4, 0.5) is 5.69 Å². The summed E-state index contributed by atoms with van der Waals surface area (Å²) in [6.45, 7) is 0. The third kappa shape index (κ3) is 3.84. The molecule has 0 bridgehead atoms. The number of cyclic esters (lactones) is 1. The second kappa shape index (κ2) is 8.81. The van der Waals surface area contributed by atoms with Gasteiger partial charge in [-0.15, -0.1) is 0 Å². The number of esters is 2. The van der Waals surface area contributed by atoms with Gasteiger partial charge in [0, 0.05) is 24.1 Å². The fraction of sp³-hybridized carbons (Fsp3) is 0.304. The minimum absolute atomic E-state index is 0.0528. The summed E-state index contributed by atoms with van der Waals surface area (Å²) in [5, 5.41) is 2.69. The standard InChI is InChI=1S/C23H22N2O8/c1-30-17-10-14(22(28)32-3)15(11-18(17)31-2)24-20(27)16-8-9-19(26)25(16)21-12-6-4-5-7-13(12)23(29)33-21/h4-7,10-11,16,21H,8-9H2,1-3H3,(H,24,27). The van der Waals surface area contributed by atoms with Crippen LogP contribution in [0.15, 0.2) is 36.4 Å². The van der Waals surface area contributed by atoms with Gasteiger partial charge < -0.3 is 24.3 Å². The third-order valence-electron chi connectivity index (χ3n) is 5.66. The molecule has 2 aromatic rings. The second-order valence-corrected chi connectivity index (χ2v) is 7.43. The van der Waals surface area contributed by atoms with Gasteiger partial charge in [-0.25, -0.2) is 9.59 Å². The number of hydrogen-bond acceptors (Lipinski definition) is 8. The molecule has 0 aromatic heterocycles. The summed E-state index contributed by atoms with van der Waals surface area (Å²) in [6.07, 6.45) is -0.656. The molecule has 2 aliphatic rings. The van der Waals surface area contributed by atoms with E-state index >= 15 is 0 Å². The van der Waals surface area contributed by atoms with Crippen LogP contribution >= 0.6 is 0 Å². The van der Waals surface area contributed by atoms with Crippen LogP contribution in [-0.4, -0.2) is 56.0 Å². The van der Waals surface area contributed by atoms with Gasteiger partial charge in [-0.05, 0) is 12.5 Å². The Bertz CT molecular complexity index is 1150. The average molecular weight is 454 g/mol. The third-order valence-corrected chi connectivity index (χ3v) is 5.66. The van der Waals surface area contributed by atoms with Crippen LogP contribution in [0.3, 0.4) is 0 Å². The molecular weight excluding hydrogens is 432 g/mol. The van der Waals surface area contributed by atoms with Crippen molar-refractivity contribution < 1.29 is 38.1 Å². The number of ether oxygens (including phenoxy) is 4. The van der Waals surface area contributed by atoms with Crippen molar-refractivity contribution in [3.63, 3.8) is 0 Å². The van der Waals surface area contributed by atoms with E-state index in [1.54, 1.807) is 24.3 Å². The van der Waals surface area contributed by atoms with Crippen molar-refractivity contribution >= 4 is 29.4 Å². The van der Waals surface area contributed by atoms with Crippen LogP contribution < -0.4 is 14.8 Å². The summed E-state index contributed by atoms with van der Waals surface area (Å²) in [6, 6.07) is 8.65. The smallest absolute Gasteiger partial charge is 0.340 e. The van der Waals surface area contributed by atoms with E-state index in [9.17, 15) is 19.2 Å². The molecule has 0 radical (unpaired) electrons. The number of likely N-dealkylation sites (tertiary alicyclic amines) is 1. The zero-order valence-electron chi connectivity index (χ0n) is 18.2. The highest BCUT2D eigenvalue weighted by atomic mass is 16.6. The maximum atomic E-state index is 13.3. The molecular formula is C23H22N2O8. The molecule has 2 aromatic carbocycles. The molecule has 2 amide bonds. The number of anilines is 1. The Hall–Kier alpha value is -4.08. The first-order valence-electron chi connectivity index (χ1n) is 10.2. The molecule has 4 rings (SSSR count). The molecule has 1 fully saturated rings. The van der Waals surface area contributed by atoms with Crippen molar-refractivity contribution in [3.8, 4) is 11.5 Å². The molecule has 172 valence electrons. The highest BCUT2D eigenvalue weighted by molar-refractivity contribution is 6.05. The van der Waals surface area contributed by atoms with E-state index in [0.29, 0.717) is 16.9 Å². The van der Waals surface area contributed by atoms with Crippen LogP contribution in [-0.2, 0) is 19.1 Å². The molecule has 10 heteroatoms. The van der Waals surface area contributed by atoms with E-state index in [2.05, 4.69) is 5.32 Å². The fourth-order valence-corrected chi connectivity index (χ4v) is 4.06. The Labute approximate surface area is 189 Å². The molecule has 2 aliphatic heterocycles. The van der Waals surface area contributed by atoms with Gasteiger partial charge in [0.1, 0.15) is 6.04 Å². The summed E-state index contributed by atoms with van der Waals surface area (Å²) in [7, 11) is 4.05. The number of nitrogens with zero attached hydrogens (tertiary/aromatic N) is 1. The fourth-order valence-electron chi connectivity index (χ4n) is 4.06. The largest absolute Gasteiger partial charge is 0.493 e. The topological polar surface area (TPSA) is 120 Å². The van der Waals surface area contributed by atoms with Gasteiger partial charge in [0.05, 0.1) is 38.1 Å². The minimum Gasteiger partial charge on any atom is -0.493 e. The van der Waals surface area contributed by atoms with E-state index in [1.165, 1.54) is 38.4 Å². The van der Waals surface area contributed by atoms with Crippen LogP contribution in [0.1, 0.15) is 45.3 Å². The number of nitrogens with one attached hydrogen (secondary N) is 1. The number of methoxy groups -OCH3 is 3. The maximum Gasteiger partial charge on any atom is 0.340 e. The summed E-state index contributed by atoms with van der Waals surface area (Å²) in [4.78, 5) is 51.8. The SMILES string of the molecule is COC(=O)c1cc(OC)c(OC)cc1NC(=O)C1CCC(=O)N1C1OC(=O)c2ccccc21. The van der Waals surface area contributed by atoms with Gasteiger partial charge in [-0.3, -0.25) is 14.5 Å². The highest BCUT2D eigenvalue weighted by Crippen LogP contribution is 2.39. The Morgan fingerprint density at radius 1 is 1.06 bits per heavy atom. The van der Waals surface area contributed by atoms with Crippen molar-refractivity contribution in [3.05, 3.63) is 53.1 Å². The molecule has 2 atom stereocenters. The summed E-state index contributed by atoms with van der Waals surface area (Å²) >= 11 is 0. The van der Waals surface area contributed by atoms with Gasteiger partial charge in [-0.1, -0.05) is 18.2 Å². The summed E-state index contributed by atoms with van der Waals surface area (Å²) in [5.41, 5.74) is 1.07. The number of benzene rings is 2. The molecule has 1 N–H and O–H groups in total. The number of carbonyl (C=O) groups is 4. The molecule has 0 aliphatic carbocycles. The van der Waals surface area contributed by atoms with E-state index in [-0.39, 0.29) is 35.7 Å². The van der Waals surface area contributed by atoms with Crippen LogP contribution in [0.5, 0.6) is 11.5 Å². The molecule has 0 saturated carbocycles. The highest BCUT2D eigenvalue weighted by Gasteiger charge is 2.46. The quantitative estimate of drug-likeness (QED) is 0.660. The molecule has 33 heavy (non-hydrogen) atoms. The first kappa shape index (κ1) is 22.1. The lowest BCUT2D eigenvalue weighted by molar-refractivity contribution is -0.144. The maximum absolute atomic E-state index is 13.3. The van der Waals surface area contributed by atoms with Gasteiger partial charge in [-0.2, -0.15) is 0 Å².